The van der Waals surface area contributed by atoms with Gasteiger partial charge in [0.25, 0.3) is 5.19 Å². The molecule has 1 N–H and O–H groups in total. The van der Waals surface area contributed by atoms with Gasteiger partial charge in [-0.15, -0.1) is 16.4 Å². The second-order valence-corrected chi connectivity index (χ2v) is 9.93. The Bertz CT molecular complexity index is 1470. The first-order valence-electron chi connectivity index (χ1n) is 11.9. The van der Waals surface area contributed by atoms with Crippen LogP contribution in [0.5, 0.6) is 16.7 Å². The molecule has 196 valence electrons. The van der Waals surface area contributed by atoms with E-state index in [0.29, 0.717) is 69.8 Å². The molecule has 12 heteroatoms. The highest BCUT2D eigenvalue weighted by Crippen LogP contribution is 2.38. The van der Waals surface area contributed by atoms with E-state index in [1.54, 1.807) is 24.9 Å². The second kappa shape index (κ2) is 10.7. The summed E-state index contributed by atoms with van der Waals surface area (Å²) < 4.78 is 29.9. The second-order valence-electron chi connectivity index (χ2n) is 8.15. The number of fused-ring (bicyclic) bond motifs is 2. The molecule has 4 aromatic heterocycles. The molecule has 0 amide bonds. The van der Waals surface area contributed by atoms with E-state index in [2.05, 4.69) is 15.1 Å². The third-order valence-electron chi connectivity index (χ3n) is 5.91. The van der Waals surface area contributed by atoms with E-state index in [-0.39, 0.29) is 6.61 Å². The van der Waals surface area contributed by atoms with Crippen LogP contribution in [0.15, 0.2) is 34.2 Å². The molecule has 0 bridgehead atoms. The number of benzene rings is 1. The van der Waals surface area contributed by atoms with E-state index in [1.807, 2.05) is 37.4 Å². The molecule has 0 spiro atoms. The highest BCUT2D eigenvalue weighted by atomic mass is 32.1. The monoisotopic (exact) mass is 544 g/mol. The van der Waals surface area contributed by atoms with Crippen LogP contribution in [0.2, 0.25) is 0 Å². The zero-order valence-electron chi connectivity index (χ0n) is 21.0. The molecule has 1 aliphatic heterocycles. The lowest BCUT2D eigenvalue weighted by Crippen LogP contribution is -2.33. The van der Waals surface area contributed by atoms with Crippen LogP contribution in [-0.4, -0.2) is 52.1 Å². The van der Waals surface area contributed by atoms with Gasteiger partial charge in [0.2, 0.25) is 4.96 Å². The highest BCUT2D eigenvalue weighted by molar-refractivity contribution is 7.18. The smallest absolute Gasteiger partial charge is 0.294 e. The summed E-state index contributed by atoms with van der Waals surface area (Å²) in [5.41, 5.74) is 1.09. The lowest BCUT2D eigenvalue weighted by atomic mass is 9.95. The van der Waals surface area contributed by atoms with Crippen LogP contribution in [0, 0.1) is 0 Å². The molecule has 10 nitrogen and oxygen atoms in total. The molecule has 1 aromatic carbocycles. The number of rotatable bonds is 7. The molecular weight excluding hydrogens is 516 g/mol. The predicted molar refractivity (Wildman–Crippen MR) is 141 cm³/mol. The number of furan rings is 1. The van der Waals surface area contributed by atoms with Crippen molar-refractivity contribution >= 4 is 38.6 Å². The van der Waals surface area contributed by atoms with Gasteiger partial charge in [-0.3, -0.25) is 0 Å². The van der Waals surface area contributed by atoms with Crippen molar-refractivity contribution in [2.24, 2.45) is 0 Å². The maximum atomic E-state index is 10.9. The maximum Gasteiger partial charge on any atom is 0.294 e. The minimum atomic E-state index is -0.930. The van der Waals surface area contributed by atoms with E-state index in [9.17, 15) is 5.11 Å². The molecule has 0 atom stereocenters. The van der Waals surface area contributed by atoms with Crippen LogP contribution in [-0.2, 0) is 16.9 Å². The molecule has 1 saturated heterocycles. The molecule has 0 unspecified atom stereocenters. The van der Waals surface area contributed by atoms with Gasteiger partial charge in [0.05, 0.1) is 31.5 Å². The van der Waals surface area contributed by atoms with E-state index >= 15 is 0 Å². The third kappa shape index (κ3) is 5.01. The van der Waals surface area contributed by atoms with Crippen molar-refractivity contribution in [1.82, 2.24) is 19.6 Å². The number of imidazole rings is 1. The Balaban J connectivity index is 0.00000137. The Morgan fingerprint density at radius 3 is 2.65 bits per heavy atom. The summed E-state index contributed by atoms with van der Waals surface area (Å²) in [5, 5.41) is 19.2. The average Bonchev–Trinajstić information content (AvgIpc) is 3.71. The molecule has 6 rings (SSSR count). The van der Waals surface area contributed by atoms with E-state index in [4.69, 9.17) is 23.4 Å². The molecule has 37 heavy (non-hydrogen) atoms. The number of ether oxygens (including phenoxy) is 4. The first-order chi connectivity index (χ1) is 18.0. The topological polar surface area (TPSA) is 113 Å². The summed E-state index contributed by atoms with van der Waals surface area (Å²) in [5.74, 6) is 1.81. The van der Waals surface area contributed by atoms with Crippen LogP contribution in [0.3, 0.4) is 0 Å². The van der Waals surface area contributed by atoms with Gasteiger partial charge in [0.1, 0.15) is 40.0 Å². The number of thiazole rings is 1. The van der Waals surface area contributed by atoms with Gasteiger partial charge in [0.15, 0.2) is 5.76 Å². The fraction of sp³-hybridized carbons (Fsp3) is 0.400. The number of aliphatic hydroxyl groups is 1. The van der Waals surface area contributed by atoms with E-state index in [1.165, 1.54) is 22.7 Å². The van der Waals surface area contributed by atoms with Gasteiger partial charge in [0, 0.05) is 43.6 Å². The summed E-state index contributed by atoms with van der Waals surface area (Å²) >= 11 is 2.79. The number of aromatic nitrogens is 4. The number of hydrogen-bond donors (Lipinski definition) is 1. The largest absolute Gasteiger partial charge is 0.496 e. The Morgan fingerprint density at radius 1 is 1.11 bits per heavy atom. The standard InChI is InChI=1S/C23H22N4O6S2.C2H6/c1-29-14-7-17(32-11-13-12-34-20(24-13)23(28)3-5-31-6-4-23)15-9-19(33-18(15)8-14)16-10-27-21(25-16)35-22(26-27)30-2;1-2/h7-10,12,28H,3-6,11H2,1-2H3;1-2H3. The van der Waals surface area contributed by atoms with Gasteiger partial charge in [-0.25, -0.2) is 14.5 Å². The Kier molecular flexibility index (Phi) is 7.33. The van der Waals surface area contributed by atoms with Crippen molar-refractivity contribution in [3.63, 3.8) is 0 Å². The van der Waals surface area contributed by atoms with Crippen LogP contribution in [0.25, 0.3) is 27.4 Å². The van der Waals surface area contributed by atoms with E-state index < -0.39 is 5.60 Å². The summed E-state index contributed by atoms with van der Waals surface area (Å²) in [6, 6.07) is 5.52. The maximum absolute atomic E-state index is 10.9. The Morgan fingerprint density at radius 2 is 1.92 bits per heavy atom. The van der Waals surface area contributed by atoms with Crippen LogP contribution < -0.4 is 14.2 Å². The number of nitrogens with zero attached hydrogens (tertiary/aromatic N) is 4. The zero-order chi connectivity index (χ0) is 26.0. The summed E-state index contributed by atoms with van der Waals surface area (Å²) in [4.78, 5) is 9.94. The molecule has 5 aromatic rings. The van der Waals surface area contributed by atoms with Gasteiger partial charge in [-0.1, -0.05) is 13.8 Å². The van der Waals surface area contributed by atoms with Gasteiger partial charge in [-0.2, -0.15) is 0 Å². The lowest BCUT2D eigenvalue weighted by Gasteiger charge is -2.29. The van der Waals surface area contributed by atoms with Gasteiger partial charge < -0.3 is 28.5 Å². The fourth-order valence-corrected chi connectivity index (χ4v) is 5.65. The Hall–Kier alpha value is -3.19. The SMILES string of the molecule is CC.COc1cc(OCc2csc(C3(O)CCOCC3)n2)c2cc(-c3cn4nc(OC)sc4n3)oc2c1. The Labute approximate surface area is 221 Å². The zero-order valence-corrected chi connectivity index (χ0v) is 22.6. The van der Waals surface area contributed by atoms with Crippen molar-refractivity contribution in [2.45, 2.75) is 38.9 Å². The lowest BCUT2D eigenvalue weighted by molar-refractivity contribution is -0.0681. The highest BCUT2D eigenvalue weighted by Gasteiger charge is 2.34. The summed E-state index contributed by atoms with van der Waals surface area (Å²) in [6.07, 6.45) is 2.88. The molecule has 0 saturated carbocycles. The van der Waals surface area contributed by atoms with Crippen molar-refractivity contribution in [2.75, 3.05) is 27.4 Å². The predicted octanol–water partition coefficient (Wildman–Crippen LogP) is 5.28. The molecule has 5 heterocycles. The fourth-order valence-electron chi connectivity index (χ4n) is 3.99. The quantitative estimate of drug-likeness (QED) is 0.292. The first kappa shape index (κ1) is 25.5. The van der Waals surface area contributed by atoms with Crippen molar-refractivity contribution in [3.05, 3.63) is 40.5 Å². The number of methoxy groups -OCH3 is 2. The first-order valence-corrected chi connectivity index (χ1v) is 13.6. The number of hydrogen-bond acceptors (Lipinski definition) is 11. The van der Waals surface area contributed by atoms with Gasteiger partial charge in [-0.05, 0) is 17.4 Å². The van der Waals surface area contributed by atoms with E-state index in [0.717, 1.165) is 11.1 Å². The van der Waals surface area contributed by atoms with Crippen molar-refractivity contribution in [1.29, 1.82) is 0 Å². The van der Waals surface area contributed by atoms with Crippen LogP contribution in [0.1, 0.15) is 37.4 Å². The van der Waals surface area contributed by atoms with Crippen LogP contribution >= 0.6 is 22.7 Å². The molecule has 1 aliphatic rings. The minimum absolute atomic E-state index is 0.246. The summed E-state index contributed by atoms with van der Waals surface area (Å²) in [6.45, 7) is 5.31. The third-order valence-corrected chi connectivity index (χ3v) is 7.87. The molecule has 0 aliphatic carbocycles. The molecular formula is C25H28N4O6S2. The van der Waals surface area contributed by atoms with Crippen molar-refractivity contribution in [3.8, 4) is 28.1 Å². The van der Waals surface area contributed by atoms with Crippen LogP contribution in [0.4, 0.5) is 0 Å². The molecule has 0 radical (unpaired) electrons. The minimum Gasteiger partial charge on any atom is -0.496 e. The average molecular weight is 545 g/mol. The summed E-state index contributed by atoms with van der Waals surface area (Å²) in [7, 11) is 3.17. The normalized spacial score (nSPS) is 14.9. The van der Waals surface area contributed by atoms with Gasteiger partial charge >= 0.3 is 0 Å². The molecule has 1 fully saturated rings. The van der Waals surface area contributed by atoms with Crippen molar-refractivity contribution < 1.29 is 28.5 Å².